The first-order chi connectivity index (χ1) is 7.70. The first kappa shape index (κ1) is 11.3. The van der Waals surface area contributed by atoms with Crippen LogP contribution in [0.4, 0.5) is 5.95 Å². The van der Waals surface area contributed by atoms with E-state index >= 15 is 0 Å². The van der Waals surface area contributed by atoms with Gasteiger partial charge >= 0.3 is 0 Å². The summed E-state index contributed by atoms with van der Waals surface area (Å²) in [6.45, 7) is 3.68. The third kappa shape index (κ3) is 2.29. The largest absolute Gasteiger partial charge is 0.366 e. The van der Waals surface area contributed by atoms with E-state index in [-0.39, 0.29) is 17.7 Å². The fourth-order valence-electron chi connectivity index (χ4n) is 1.67. The van der Waals surface area contributed by atoms with E-state index in [1.807, 2.05) is 16.7 Å². The molecule has 7 heteroatoms. The van der Waals surface area contributed by atoms with Gasteiger partial charge in [-0.1, -0.05) is 6.92 Å². The van der Waals surface area contributed by atoms with Crippen LogP contribution < -0.4 is 5.73 Å². The molecular formula is C9H15N5OS. The summed E-state index contributed by atoms with van der Waals surface area (Å²) in [5.41, 5.74) is 5.37. The number of carbonyl (C=O) groups excluding carboxylic acids is 1. The first-order valence-corrected chi connectivity index (χ1v) is 6.34. The van der Waals surface area contributed by atoms with Crippen LogP contribution in [0.2, 0.25) is 0 Å². The summed E-state index contributed by atoms with van der Waals surface area (Å²) >= 11 is 1.92. The van der Waals surface area contributed by atoms with Gasteiger partial charge < -0.3 is 10.6 Å². The number of nitrogen functional groups attached to an aromatic ring is 1. The molecule has 3 N–H and O–H groups in total. The van der Waals surface area contributed by atoms with Crippen LogP contribution in [-0.2, 0) is 0 Å². The zero-order valence-corrected chi connectivity index (χ0v) is 9.96. The average Bonchev–Trinajstić information content (AvgIpc) is 2.75. The van der Waals surface area contributed by atoms with E-state index in [2.05, 4.69) is 22.1 Å². The van der Waals surface area contributed by atoms with Gasteiger partial charge in [0.2, 0.25) is 11.8 Å². The van der Waals surface area contributed by atoms with Crippen molar-refractivity contribution in [1.82, 2.24) is 20.1 Å². The lowest BCUT2D eigenvalue weighted by Crippen LogP contribution is -2.42. The number of rotatable bonds is 2. The SMILES string of the molecule is CCC1CN(C(=O)c2nc(N)n[nH]2)CCS1. The average molecular weight is 241 g/mol. The second-order valence-electron chi connectivity index (χ2n) is 3.69. The molecule has 0 bridgehead atoms. The number of aromatic nitrogens is 3. The standard InChI is InChI=1S/C9H15N5OS/c1-2-6-5-14(3-4-16-6)8(15)7-11-9(10)13-12-7/h6H,2-5H2,1H3,(H3,10,11,12,13). The normalized spacial score (nSPS) is 21.1. The van der Waals surface area contributed by atoms with Crippen LogP contribution in [0.15, 0.2) is 0 Å². The summed E-state index contributed by atoms with van der Waals surface area (Å²) in [5.74, 6) is 1.22. The molecule has 6 nitrogen and oxygen atoms in total. The van der Waals surface area contributed by atoms with Crippen molar-refractivity contribution in [2.45, 2.75) is 18.6 Å². The summed E-state index contributed by atoms with van der Waals surface area (Å²) in [5, 5.41) is 6.74. The van der Waals surface area contributed by atoms with Gasteiger partial charge in [0, 0.05) is 24.1 Å². The number of anilines is 1. The van der Waals surface area contributed by atoms with Crippen molar-refractivity contribution in [3.63, 3.8) is 0 Å². The van der Waals surface area contributed by atoms with Gasteiger partial charge in [0.25, 0.3) is 5.91 Å². The minimum atomic E-state index is -0.108. The van der Waals surface area contributed by atoms with Gasteiger partial charge in [0.1, 0.15) is 0 Å². The summed E-state index contributed by atoms with van der Waals surface area (Å²) in [6.07, 6.45) is 1.08. The Hall–Kier alpha value is -1.24. The maximum absolute atomic E-state index is 12.0. The predicted molar refractivity (Wildman–Crippen MR) is 63.2 cm³/mol. The van der Waals surface area contributed by atoms with Gasteiger partial charge in [-0.05, 0) is 6.42 Å². The maximum Gasteiger partial charge on any atom is 0.291 e. The third-order valence-corrected chi connectivity index (χ3v) is 3.96. The Kier molecular flexibility index (Phi) is 3.33. The minimum Gasteiger partial charge on any atom is -0.366 e. The van der Waals surface area contributed by atoms with E-state index in [9.17, 15) is 4.79 Å². The highest BCUT2D eigenvalue weighted by Gasteiger charge is 2.25. The van der Waals surface area contributed by atoms with E-state index in [1.165, 1.54) is 0 Å². The van der Waals surface area contributed by atoms with Crippen LogP contribution in [0.3, 0.4) is 0 Å². The quantitative estimate of drug-likeness (QED) is 0.780. The smallest absolute Gasteiger partial charge is 0.291 e. The maximum atomic E-state index is 12.0. The third-order valence-electron chi connectivity index (χ3n) is 2.59. The first-order valence-electron chi connectivity index (χ1n) is 5.29. The van der Waals surface area contributed by atoms with Gasteiger partial charge in [-0.25, -0.2) is 0 Å². The van der Waals surface area contributed by atoms with E-state index in [0.717, 1.165) is 25.3 Å². The highest BCUT2D eigenvalue weighted by atomic mass is 32.2. The molecule has 0 spiro atoms. The molecule has 16 heavy (non-hydrogen) atoms. The molecule has 1 aliphatic heterocycles. The molecule has 1 saturated heterocycles. The number of thioether (sulfide) groups is 1. The number of nitrogens with zero attached hydrogens (tertiary/aromatic N) is 3. The fraction of sp³-hybridized carbons (Fsp3) is 0.667. The lowest BCUT2D eigenvalue weighted by atomic mass is 10.3. The van der Waals surface area contributed by atoms with Crippen molar-refractivity contribution >= 4 is 23.6 Å². The van der Waals surface area contributed by atoms with Crippen molar-refractivity contribution in [2.24, 2.45) is 0 Å². The van der Waals surface area contributed by atoms with Crippen molar-refractivity contribution in [3.05, 3.63) is 5.82 Å². The molecule has 2 heterocycles. The number of nitrogens with two attached hydrogens (primary N) is 1. The van der Waals surface area contributed by atoms with E-state index < -0.39 is 0 Å². The summed E-state index contributed by atoms with van der Waals surface area (Å²) < 4.78 is 0. The Balaban J connectivity index is 2.04. The summed E-state index contributed by atoms with van der Waals surface area (Å²) in [4.78, 5) is 17.7. The molecule has 0 saturated carbocycles. The predicted octanol–water partition coefficient (Wildman–Crippen LogP) is 0.354. The van der Waals surface area contributed by atoms with Crippen LogP contribution in [0, 0.1) is 0 Å². The Morgan fingerprint density at radius 1 is 1.75 bits per heavy atom. The lowest BCUT2D eigenvalue weighted by molar-refractivity contribution is 0.0749. The molecule has 1 aromatic heterocycles. The number of H-pyrrole nitrogens is 1. The van der Waals surface area contributed by atoms with Crippen LogP contribution in [-0.4, -0.2) is 50.1 Å². The molecule has 1 aromatic rings. The number of aromatic amines is 1. The van der Waals surface area contributed by atoms with Crippen LogP contribution in [0.1, 0.15) is 24.0 Å². The van der Waals surface area contributed by atoms with Gasteiger partial charge in [0.15, 0.2) is 0 Å². The second kappa shape index (κ2) is 4.73. The van der Waals surface area contributed by atoms with Crippen LogP contribution in [0.5, 0.6) is 0 Å². The number of hydrogen-bond acceptors (Lipinski definition) is 5. The minimum absolute atomic E-state index is 0.108. The number of amides is 1. The topological polar surface area (TPSA) is 87.9 Å². The summed E-state index contributed by atoms with van der Waals surface area (Å²) in [7, 11) is 0. The Bertz CT molecular complexity index is 380. The Morgan fingerprint density at radius 2 is 2.56 bits per heavy atom. The molecule has 1 aliphatic rings. The van der Waals surface area contributed by atoms with E-state index in [0.29, 0.717) is 5.25 Å². The molecule has 1 fully saturated rings. The number of hydrogen-bond donors (Lipinski definition) is 2. The number of nitrogens with one attached hydrogen (secondary N) is 1. The number of carbonyl (C=O) groups is 1. The summed E-state index contributed by atoms with van der Waals surface area (Å²) in [6, 6.07) is 0. The van der Waals surface area contributed by atoms with Gasteiger partial charge in [0.05, 0.1) is 0 Å². The van der Waals surface area contributed by atoms with E-state index in [4.69, 9.17) is 5.73 Å². The molecular weight excluding hydrogens is 226 g/mol. The molecule has 0 aliphatic carbocycles. The van der Waals surface area contributed by atoms with Crippen molar-refractivity contribution in [1.29, 1.82) is 0 Å². The molecule has 88 valence electrons. The van der Waals surface area contributed by atoms with Crippen molar-refractivity contribution < 1.29 is 4.79 Å². The monoisotopic (exact) mass is 241 g/mol. The second-order valence-corrected chi connectivity index (χ2v) is 5.10. The van der Waals surface area contributed by atoms with Crippen LogP contribution >= 0.6 is 11.8 Å². The zero-order valence-electron chi connectivity index (χ0n) is 9.14. The van der Waals surface area contributed by atoms with E-state index in [1.54, 1.807) is 0 Å². The van der Waals surface area contributed by atoms with Gasteiger partial charge in [-0.2, -0.15) is 16.7 Å². The lowest BCUT2D eigenvalue weighted by Gasteiger charge is -2.31. The highest BCUT2D eigenvalue weighted by molar-refractivity contribution is 8.00. The van der Waals surface area contributed by atoms with Crippen molar-refractivity contribution in [3.8, 4) is 0 Å². The molecule has 1 atom stereocenters. The Labute approximate surface area is 98.0 Å². The van der Waals surface area contributed by atoms with Crippen molar-refractivity contribution in [2.75, 3.05) is 24.6 Å². The molecule has 0 aromatic carbocycles. The van der Waals surface area contributed by atoms with Crippen LogP contribution in [0.25, 0.3) is 0 Å². The Morgan fingerprint density at radius 3 is 3.19 bits per heavy atom. The highest BCUT2D eigenvalue weighted by Crippen LogP contribution is 2.21. The molecule has 0 radical (unpaired) electrons. The fourth-order valence-corrected chi connectivity index (χ4v) is 2.85. The molecule has 1 amide bonds. The zero-order chi connectivity index (χ0) is 11.5. The molecule has 1 unspecified atom stereocenters. The van der Waals surface area contributed by atoms with Gasteiger partial charge in [-0.15, -0.1) is 5.10 Å². The van der Waals surface area contributed by atoms with Gasteiger partial charge in [-0.3, -0.25) is 9.89 Å². The molecule has 2 rings (SSSR count).